The van der Waals surface area contributed by atoms with E-state index in [0.29, 0.717) is 0 Å². The molecule has 1 saturated heterocycles. The van der Waals surface area contributed by atoms with Gasteiger partial charge in [0.1, 0.15) is 12.2 Å². The van der Waals surface area contributed by atoms with Crippen molar-refractivity contribution >= 4 is 5.97 Å². The summed E-state index contributed by atoms with van der Waals surface area (Å²) >= 11 is 0. The minimum atomic E-state index is -0.743. The zero-order valence-electron chi connectivity index (χ0n) is 11.6. The Morgan fingerprint density at radius 1 is 1.48 bits per heavy atom. The number of rotatable bonds is 4. The molecule has 0 bridgehead atoms. The summed E-state index contributed by atoms with van der Waals surface area (Å²) in [7, 11) is 0. The van der Waals surface area contributed by atoms with Crippen LogP contribution in [0.1, 0.15) is 18.6 Å². The summed E-state index contributed by atoms with van der Waals surface area (Å²) < 4.78 is 10.5. The van der Waals surface area contributed by atoms with Gasteiger partial charge < -0.3 is 19.9 Å². The van der Waals surface area contributed by atoms with Crippen LogP contribution in [0.4, 0.5) is 0 Å². The minimum Gasteiger partial charge on any atom is -0.468 e. The zero-order chi connectivity index (χ0) is 15.2. The summed E-state index contributed by atoms with van der Waals surface area (Å²) in [4.78, 5) is 11.7. The van der Waals surface area contributed by atoms with E-state index in [2.05, 4.69) is 5.32 Å². The Morgan fingerprint density at radius 2 is 2.19 bits per heavy atom. The fourth-order valence-corrected chi connectivity index (χ4v) is 2.10. The van der Waals surface area contributed by atoms with Gasteiger partial charge in [-0.15, -0.1) is 0 Å². The molecule has 6 nitrogen and oxygen atoms in total. The molecular weight excluding hydrogens is 272 g/mol. The topological polar surface area (TPSA) is 91.6 Å². The number of hydrogen-bond acceptors (Lipinski definition) is 6. The Labute approximate surface area is 122 Å². The van der Waals surface area contributed by atoms with Crippen LogP contribution >= 0.6 is 0 Å². The number of ether oxygens (including phenoxy) is 2. The van der Waals surface area contributed by atoms with Crippen LogP contribution in [-0.2, 0) is 14.3 Å². The number of esters is 1. The third kappa shape index (κ3) is 3.15. The van der Waals surface area contributed by atoms with Crippen LogP contribution < -0.4 is 5.32 Å². The number of hydrogen-bond donors (Lipinski definition) is 2. The summed E-state index contributed by atoms with van der Waals surface area (Å²) in [5.41, 5.74) is 0.619. The average Bonchev–Trinajstić information content (AvgIpc) is 2.93. The van der Waals surface area contributed by atoms with Gasteiger partial charge in [-0.1, -0.05) is 30.3 Å². The van der Waals surface area contributed by atoms with Crippen LogP contribution in [0.25, 0.3) is 0 Å². The molecule has 0 saturated carbocycles. The van der Waals surface area contributed by atoms with E-state index < -0.39 is 18.1 Å². The van der Waals surface area contributed by atoms with E-state index in [4.69, 9.17) is 14.7 Å². The van der Waals surface area contributed by atoms with Crippen molar-refractivity contribution in [3.8, 4) is 6.07 Å². The molecule has 2 unspecified atom stereocenters. The first kappa shape index (κ1) is 14.9. The SMILES string of the molecule is CCOC(=O)C(C#N)=C1NC(CO)C(c2ccccc2)O1. The Balaban J connectivity index is 2.29. The van der Waals surface area contributed by atoms with Gasteiger partial charge in [-0.2, -0.15) is 5.26 Å². The highest BCUT2D eigenvalue weighted by Crippen LogP contribution is 2.31. The molecule has 0 amide bonds. The molecule has 1 heterocycles. The van der Waals surface area contributed by atoms with Gasteiger partial charge in [-0.25, -0.2) is 4.79 Å². The van der Waals surface area contributed by atoms with Crippen LogP contribution in [0.5, 0.6) is 0 Å². The van der Waals surface area contributed by atoms with E-state index in [1.807, 2.05) is 30.3 Å². The fraction of sp³-hybridized carbons (Fsp3) is 0.333. The van der Waals surface area contributed by atoms with Gasteiger partial charge in [0.15, 0.2) is 5.57 Å². The summed E-state index contributed by atoms with van der Waals surface area (Å²) in [6.45, 7) is 1.64. The number of aliphatic hydroxyl groups is 1. The lowest BCUT2D eigenvalue weighted by molar-refractivity contribution is -0.138. The Morgan fingerprint density at radius 3 is 2.76 bits per heavy atom. The molecule has 0 aromatic heterocycles. The van der Waals surface area contributed by atoms with Crippen molar-refractivity contribution in [2.75, 3.05) is 13.2 Å². The van der Waals surface area contributed by atoms with Gasteiger partial charge in [0, 0.05) is 0 Å². The van der Waals surface area contributed by atoms with Crippen LogP contribution in [0.3, 0.4) is 0 Å². The molecule has 1 aliphatic heterocycles. The minimum absolute atomic E-state index is 0.0452. The van der Waals surface area contributed by atoms with E-state index in [0.717, 1.165) is 5.56 Å². The van der Waals surface area contributed by atoms with Gasteiger partial charge in [0.05, 0.1) is 19.3 Å². The van der Waals surface area contributed by atoms with Crippen molar-refractivity contribution in [2.45, 2.75) is 19.1 Å². The number of carbonyl (C=O) groups is 1. The van der Waals surface area contributed by atoms with E-state index in [9.17, 15) is 9.90 Å². The second-order valence-electron chi connectivity index (χ2n) is 4.42. The monoisotopic (exact) mass is 288 g/mol. The first-order valence-corrected chi connectivity index (χ1v) is 6.61. The lowest BCUT2D eigenvalue weighted by atomic mass is 10.0. The maximum absolute atomic E-state index is 11.7. The fourth-order valence-electron chi connectivity index (χ4n) is 2.10. The van der Waals surface area contributed by atoms with Crippen LogP contribution in [0, 0.1) is 11.3 Å². The second-order valence-corrected chi connectivity index (χ2v) is 4.42. The molecule has 1 fully saturated rings. The Bertz CT molecular complexity index is 577. The maximum Gasteiger partial charge on any atom is 0.354 e. The molecule has 2 N–H and O–H groups in total. The van der Waals surface area contributed by atoms with Gasteiger partial charge in [0.25, 0.3) is 0 Å². The number of nitrogens with one attached hydrogen (secondary N) is 1. The van der Waals surface area contributed by atoms with E-state index in [-0.39, 0.29) is 24.7 Å². The normalized spacial score (nSPS) is 22.7. The Hall–Kier alpha value is -2.52. The van der Waals surface area contributed by atoms with Crippen LogP contribution in [0.2, 0.25) is 0 Å². The standard InChI is InChI=1S/C15H16N2O4/c1-2-20-15(19)11(8-16)14-17-12(9-18)13(21-14)10-6-4-3-5-7-10/h3-7,12-13,17-18H,2,9H2,1H3. The van der Waals surface area contributed by atoms with Crippen molar-refractivity contribution in [3.63, 3.8) is 0 Å². The third-order valence-electron chi connectivity index (χ3n) is 3.07. The van der Waals surface area contributed by atoms with Gasteiger partial charge in [-0.05, 0) is 12.5 Å². The smallest absolute Gasteiger partial charge is 0.354 e. The largest absolute Gasteiger partial charge is 0.468 e. The number of nitrogens with zero attached hydrogens (tertiary/aromatic N) is 1. The molecule has 6 heteroatoms. The molecule has 110 valence electrons. The summed E-state index contributed by atoms with van der Waals surface area (Å²) in [6, 6.07) is 10.6. The van der Waals surface area contributed by atoms with E-state index >= 15 is 0 Å². The first-order valence-electron chi connectivity index (χ1n) is 6.61. The molecule has 0 aliphatic carbocycles. The number of carbonyl (C=O) groups excluding carboxylic acids is 1. The van der Waals surface area contributed by atoms with Gasteiger partial charge in [0.2, 0.25) is 5.88 Å². The zero-order valence-corrected chi connectivity index (χ0v) is 11.6. The summed E-state index contributed by atoms with van der Waals surface area (Å²) in [5.74, 6) is -0.697. The number of nitriles is 1. The van der Waals surface area contributed by atoms with Crippen molar-refractivity contribution < 1.29 is 19.4 Å². The quantitative estimate of drug-likeness (QED) is 0.488. The summed E-state index contributed by atoms with van der Waals surface area (Å²) in [6.07, 6.45) is -0.469. The molecular formula is C15H16N2O4. The molecule has 0 spiro atoms. The van der Waals surface area contributed by atoms with Gasteiger partial charge >= 0.3 is 5.97 Å². The highest BCUT2D eigenvalue weighted by Gasteiger charge is 2.35. The molecule has 2 rings (SSSR count). The lowest BCUT2D eigenvalue weighted by Crippen LogP contribution is -2.29. The molecule has 1 aromatic carbocycles. The molecule has 1 aliphatic rings. The molecule has 1 aromatic rings. The van der Waals surface area contributed by atoms with Crippen LogP contribution in [-0.4, -0.2) is 30.3 Å². The number of benzene rings is 1. The van der Waals surface area contributed by atoms with Crippen molar-refractivity contribution in [1.29, 1.82) is 5.26 Å². The number of aliphatic hydroxyl groups excluding tert-OH is 1. The Kier molecular flexibility index (Phi) is 4.80. The van der Waals surface area contributed by atoms with Crippen molar-refractivity contribution in [2.24, 2.45) is 0 Å². The van der Waals surface area contributed by atoms with Crippen molar-refractivity contribution in [1.82, 2.24) is 5.32 Å². The predicted octanol–water partition coefficient (Wildman–Crippen LogP) is 1.01. The maximum atomic E-state index is 11.7. The van der Waals surface area contributed by atoms with E-state index in [1.165, 1.54) is 0 Å². The molecule has 2 atom stereocenters. The predicted molar refractivity (Wildman–Crippen MR) is 73.5 cm³/mol. The molecule has 0 radical (unpaired) electrons. The average molecular weight is 288 g/mol. The van der Waals surface area contributed by atoms with Gasteiger partial charge in [-0.3, -0.25) is 0 Å². The third-order valence-corrected chi connectivity index (χ3v) is 3.07. The second kappa shape index (κ2) is 6.77. The first-order chi connectivity index (χ1) is 10.2. The van der Waals surface area contributed by atoms with Crippen LogP contribution in [0.15, 0.2) is 41.8 Å². The molecule has 21 heavy (non-hydrogen) atoms. The van der Waals surface area contributed by atoms with Crippen molar-refractivity contribution in [3.05, 3.63) is 47.4 Å². The summed E-state index contributed by atoms with van der Waals surface area (Å²) in [5, 5.41) is 21.4. The highest BCUT2D eigenvalue weighted by atomic mass is 16.5. The highest BCUT2D eigenvalue weighted by molar-refractivity contribution is 5.93. The lowest BCUT2D eigenvalue weighted by Gasteiger charge is -2.15. The van der Waals surface area contributed by atoms with E-state index in [1.54, 1.807) is 13.0 Å².